The molecule has 1 aromatic rings. The predicted octanol–water partition coefficient (Wildman–Crippen LogP) is 3.45. The van der Waals surface area contributed by atoms with Crippen molar-refractivity contribution in [3.05, 3.63) is 29.8 Å². The Bertz CT molecular complexity index is 1440. The van der Waals surface area contributed by atoms with Crippen LogP contribution in [-0.4, -0.2) is 125 Å². The molecule has 0 saturated carbocycles. The largest absolute Gasteiger partial charge is 0.379 e. The maximum absolute atomic E-state index is 14.2. The number of ether oxygens (including phenoxy) is 2. The number of hydrogen-bond acceptors (Lipinski definition) is 9. The monoisotopic (exact) mass is 751 g/mol. The Kier molecular flexibility index (Phi) is 17.2. The minimum atomic E-state index is -4.11. The van der Waals surface area contributed by atoms with Crippen molar-refractivity contribution in [3.8, 4) is 0 Å². The quantitative estimate of drug-likeness (QED) is 0.216. The molecule has 1 heterocycles. The number of methoxy groups -OCH3 is 2. The summed E-state index contributed by atoms with van der Waals surface area (Å²) in [5.74, 6) is -2.54. The van der Waals surface area contributed by atoms with Gasteiger partial charge in [0.1, 0.15) is 6.04 Å². The van der Waals surface area contributed by atoms with Crippen LogP contribution in [0.2, 0.25) is 0 Å². The van der Waals surface area contributed by atoms with Crippen LogP contribution < -0.4 is 10.0 Å². The fourth-order valence-corrected chi connectivity index (χ4v) is 8.48. The predicted molar refractivity (Wildman–Crippen MR) is 202 cm³/mol. The first kappa shape index (κ1) is 45.1. The summed E-state index contributed by atoms with van der Waals surface area (Å²) in [6.45, 7) is 15.6. The Balaban J connectivity index is 2.29. The Hall–Kier alpha value is -3.07. The standard InChI is InChI=1S/C38H65N5O8S/c1-14-26(7)34(42(11)38(47)32(23(2)3)39-37(46)33(24(4)5)41(9)10)30(50-12)22-31(44)43-21-15-16-29(43)35(51-13)27(8)36(45)40-52(48,49)28-19-17-25(6)18-20-28/h17-20,23-24,26-27,29-30,32-35H,14-16,21-22H2,1-13H3,(H,39,46)(H,40,45)/t26-,27+,29-,30?,32-,33-,34-,35+/m0/s1. The minimum Gasteiger partial charge on any atom is -0.379 e. The second-order valence-electron chi connectivity index (χ2n) is 15.3. The first-order valence-corrected chi connectivity index (χ1v) is 19.9. The molecular weight excluding hydrogens is 687 g/mol. The Morgan fingerprint density at radius 2 is 1.52 bits per heavy atom. The number of nitrogens with zero attached hydrogens (tertiary/aromatic N) is 3. The fourth-order valence-electron chi connectivity index (χ4n) is 7.41. The zero-order chi connectivity index (χ0) is 39.7. The van der Waals surface area contributed by atoms with Crippen LogP contribution in [0.15, 0.2) is 29.2 Å². The van der Waals surface area contributed by atoms with Gasteiger partial charge < -0.3 is 24.6 Å². The second-order valence-corrected chi connectivity index (χ2v) is 16.9. The molecule has 1 unspecified atom stereocenters. The lowest BCUT2D eigenvalue weighted by Gasteiger charge is -2.41. The van der Waals surface area contributed by atoms with Crippen molar-refractivity contribution in [2.75, 3.05) is 41.9 Å². The van der Waals surface area contributed by atoms with Crippen molar-refractivity contribution in [2.45, 2.75) is 122 Å². The minimum absolute atomic E-state index is 0.0226. The average Bonchev–Trinajstić information content (AvgIpc) is 3.55. The van der Waals surface area contributed by atoms with E-state index in [-0.39, 0.29) is 46.8 Å². The van der Waals surface area contributed by atoms with Gasteiger partial charge in [-0.1, -0.05) is 72.6 Å². The van der Waals surface area contributed by atoms with E-state index in [0.717, 1.165) is 5.56 Å². The van der Waals surface area contributed by atoms with Crippen LogP contribution in [0.25, 0.3) is 0 Å². The number of hydrogen-bond donors (Lipinski definition) is 2. The molecule has 13 nitrogen and oxygen atoms in total. The molecule has 52 heavy (non-hydrogen) atoms. The Morgan fingerprint density at radius 1 is 0.923 bits per heavy atom. The third kappa shape index (κ3) is 11.2. The number of likely N-dealkylation sites (N-methyl/N-ethyl adjacent to an activating group) is 2. The van der Waals surface area contributed by atoms with E-state index < -0.39 is 58.2 Å². The van der Waals surface area contributed by atoms with Crippen LogP contribution in [0.4, 0.5) is 0 Å². The maximum atomic E-state index is 14.2. The molecule has 8 atom stereocenters. The zero-order valence-corrected chi connectivity index (χ0v) is 34.5. The molecule has 14 heteroatoms. The second kappa shape index (κ2) is 19.8. The van der Waals surface area contributed by atoms with Gasteiger partial charge in [0.25, 0.3) is 10.0 Å². The van der Waals surface area contributed by atoms with Crippen molar-refractivity contribution >= 4 is 33.7 Å². The van der Waals surface area contributed by atoms with Gasteiger partial charge in [0, 0.05) is 27.8 Å². The average molecular weight is 752 g/mol. The molecule has 2 rings (SSSR count). The van der Waals surface area contributed by atoms with Crippen molar-refractivity contribution in [3.63, 3.8) is 0 Å². The molecule has 1 aliphatic heterocycles. The van der Waals surface area contributed by atoms with Crippen molar-refractivity contribution < 1.29 is 37.1 Å². The summed E-state index contributed by atoms with van der Waals surface area (Å²) in [6, 6.07) is 4.03. The lowest BCUT2D eigenvalue weighted by atomic mass is 9.89. The molecule has 1 aromatic carbocycles. The van der Waals surface area contributed by atoms with Gasteiger partial charge in [0.2, 0.25) is 23.6 Å². The Morgan fingerprint density at radius 3 is 2.00 bits per heavy atom. The van der Waals surface area contributed by atoms with Crippen LogP contribution >= 0.6 is 0 Å². The summed E-state index contributed by atoms with van der Waals surface area (Å²) in [5, 5.41) is 3.01. The van der Waals surface area contributed by atoms with Crippen molar-refractivity contribution in [2.24, 2.45) is 23.7 Å². The van der Waals surface area contributed by atoms with Gasteiger partial charge in [0.15, 0.2) is 0 Å². The van der Waals surface area contributed by atoms with Gasteiger partial charge in [0.05, 0.1) is 47.6 Å². The number of benzene rings is 1. The van der Waals surface area contributed by atoms with Crippen molar-refractivity contribution in [1.82, 2.24) is 24.7 Å². The third-order valence-electron chi connectivity index (χ3n) is 10.5. The summed E-state index contributed by atoms with van der Waals surface area (Å²) in [4.78, 5) is 60.1. The highest BCUT2D eigenvalue weighted by Gasteiger charge is 2.43. The van der Waals surface area contributed by atoms with E-state index in [9.17, 15) is 27.6 Å². The van der Waals surface area contributed by atoms with Crippen molar-refractivity contribution in [1.29, 1.82) is 0 Å². The molecule has 0 spiro atoms. The molecule has 0 radical (unpaired) electrons. The number of likely N-dealkylation sites (tertiary alicyclic amines) is 1. The summed E-state index contributed by atoms with van der Waals surface area (Å²) >= 11 is 0. The number of amides is 4. The number of sulfonamides is 1. The van der Waals surface area contributed by atoms with Gasteiger partial charge in [-0.2, -0.15) is 0 Å². The molecule has 0 bridgehead atoms. The number of carbonyl (C=O) groups excluding carboxylic acids is 4. The maximum Gasteiger partial charge on any atom is 0.264 e. The van der Waals surface area contributed by atoms with Crippen LogP contribution in [0.5, 0.6) is 0 Å². The number of rotatable bonds is 19. The first-order chi connectivity index (χ1) is 24.2. The van der Waals surface area contributed by atoms with Crippen LogP contribution in [0.3, 0.4) is 0 Å². The van der Waals surface area contributed by atoms with Crippen LogP contribution in [-0.2, 0) is 38.7 Å². The third-order valence-corrected chi connectivity index (χ3v) is 11.9. The molecule has 0 aromatic heterocycles. The van der Waals surface area contributed by atoms with E-state index in [2.05, 4.69) is 10.0 Å². The molecule has 2 N–H and O–H groups in total. The topological polar surface area (TPSA) is 155 Å². The first-order valence-electron chi connectivity index (χ1n) is 18.5. The lowest BCUT2D eigenvalue weighted by Crippen LogP contribution is -2.59. The van der Waals surface area contributed by atoms with E-state index in [1.54, 1.807) is 35.9 Å². The zero-order valence-electron chi connectivity index (χ0n) is 33.6. The highest BCUT2D eigenvalue weighted by Crippen LogP contribution is 2.30. The van der Waals surface area contributed by atoms with Crippen LogP contribution in [0, 0.1) is 30.6 Å². The Labute approximate surface area is 312 Å². The lowest BCUT2D eigenvalue weighted by molar-refractivity contribution is -0.148. The van der Waals surface area contributed by atoms with Gasteiger partial charge in [-0.15, -0.1) is 0 Å². The number of carbonyl (C=O) groups is 4. The SMILES string of the molecule is CC[C@H](C)[C@@H](C(CC(=O)N1CCC[C@H]1[C@H](OC)[C@@H](C)C(=O)NS(=O)(=O)c1ccc(C)cc1)OC)N(C)C(=O)[C@@H](NC(=O)[C@H](C(C)C)N(C)C)C(C)C. The van der Waals surface area contributed by atoms with Gasteiger partial charge in [-0.05, 0) is 63.7 Å². The highest BCUT2D eigenvalue weighted by atomic mass is 32.2. The molecule has 0 aliphatic carbocycles. The normalized spacial score (nSPS) is 19.2. The van der Waals surface area contributed by atoms with E-state index in [0.29, 0.717) is 25.8 Å². The highest BCUT2D eigenvalue weighted by molar-refractivity contribution is 7.90. The smallest absolute Gasteiger partial charge is 0.264 e. The molecule has 4 amide bonds. The summed E-state index contributed by atoms with van der Waals surface area (Å²) in [6.07, 6.45) is 0.471. The number of nitrogens with one attached hydrogen (secondary N) is 2. The fraction of sp³-hybridized carbons (Fsp3) is 0.737. The number of aryl methyl sites for hydroxylation is 1. The van der Waals surface area contributed by atoms with E-state index in [1.165, 1.54) is 26.4 Å². The molecule has 1 aliphatic rings. The van der Waals surface area contributed by atoms with Gasteiger partial charge >= 0.3 is 0 Å². The van der Waals surface area contributed by atoms with E-state index >= 15 is 0 Å². The van der Waals surface area contributed by atoms with Gasteiger partial charge in [-0.3, -0.25) is 24.1 Å². The van der Waals surface area contributed by atoms with E-state index in [1.807, 2.05) is 67.5 Å². The molecular formula is C38H65N5O8S. The molecule has 1 saturated heterocycles. The molecule has 1 fully saturated rings. The van der Waals surface area contributed by atoms with Crippen LogP contribution in [0.1, 0.15) is 79.7 Å². The molecule has 296 valence electrons. The van der Waals surface area contributed by atoms with Gasteiger partial charge in [-0.25, -0.2) is 13.1 Å². The summed E-state index contributed by atoms with van der Waals surface area (Å²) in [7, 11) is 4.25. The summed E-state index contributed by atoms with van der Waals surface area (Å²) in [5.41, 5.74) is 0.886. The van der Waals surface area contributed by atoms with E-state index in [4.69, 9.17) is 9.47 Å². The summed E-state index contributed by atoms with van der Waals surface area (Å²) < 4.78 is 39.9.